The molecule has 2 nitrogen and oxygen atoms in total. The number of anilines is 1. The molecule has 0 atom stereocenters. The summed E-state index contributed by atoms with van der Waals surface area (Å²) in [5.74, 6) is 2.64. The normalized spacial score (nSPS) is 9.88. The lowest BCUT2D eigenvalue weighted by Gasteiger charge is -2.09. The first kappa shape index (κ1) is 11.3. The van der Waals surface area contributed by atoms with E-state index in [2.05, 4.69) is 41.1 Å². The molecule has 2 aromatic rings. The predicted molar refractivity (Wildman–Crippen MR) is 71.8 cm³/mol. The van der Waals surface area contributed by atoms with Crippen molar-refractivity contribution in [3.05, 3.63) is 53.9 Å². The van der Waals surface area contributed by atoms with Gasteiger partial charge < -0.3 is 9.88 Å². The van der Waals surface area contributed by atoms with Crippen LogP contribution >= 0.6 is 0 Å². The summed E-state index contributed by atoms with van der Waals surface area (Å²) in [7, 11) is 0. The third kappa shape index (κ3) is 2.70. The van der Waals surface area contributed by atoms with Crippen LogP contribution in [-0.4, -0.2) is 4.57 Å². The third-order valence-electron chi connectivity index (χ3n) is 2.77. The lowest BCUT2D eigenvalue weighted by molar-refractivity contribution is 0.724. The Balaban J connectivity index is 2.05. The Bertz CT molecular complexity index is 532. The molecule has 0 saturated heterocycles. The average molecular weight is 224 g/mol. The zero-order valence-electron chi connectivity index (χ0n) is 9.98. The molecular weight excluding hydrogens is 208 g/mol. The van der Waals surface area contributed by atoms with Gasteiger partial charge in [-0.2, -0.15) is 0 Å². The summed E-state index contributed by atoms with van der Waals surface area (Å²) in [4.78, 5) is 0. The zero-order chi connectivity index (χ0) is 12.1. The van der Waals surface area contributed by atoms with Crippen LogP contribution in [0, 0.1) is 12.3 Å². The Morgan fingerprint density at radius 1 is 1.29 bits per heavy atom. The number of rotatable bonds is 4. The van der Waals surface area contributed by atoms with E-state index in [1.165, 1.54) is 5.69 Å². The van der Waals surface area contributed by atoms with E-state index in [4.69, 9.17) is 6.42 Å². The van der Waals surface area contributed by atoms with Crippen LogP contribution in [0.4, 0.5) is 5.69 Å². The van der Waals surface area contributed by atoms with Crippen LogP contribution in [0.3, 0.4) is 0 Å². The van der Waals surface area contributed by atoms with Crippen molar-refractivity contribution in [1.29, 1.82) is 0 Å². The average Bonchev–Trinajstić information content (AvgIpc) is 2.84. The fourth-order valence-electron chi connectivity index (χ4n) is 1.83. The van der Waals surface area contributed by atoms with Crippen molar-refractivity contribution in [2.75, 3.05) is 5.32 Å². The topological polar surface area (TPSA) is 17.0 Å². The monoisotopic (exact) mass is 224 g/mol. The second kappa shape index (κ2) is 5.27. The summed E-state index contributed by atoms with van der Waals surface area (Å²) >= 11 is 0. The molecule has 0 saturated carbocycles. The van der Waals surface area contributed by atoms with Crippen molar-refractivity contribution in [3.63, 3.8) is 0 Å². The van der Waals surface area contributed by atoms with Gasteiger partial charge in [-0.05, 0) is 37.3 Å². The summed E-state index contributed by atoms with van der Waals surface area (Å²) in [6, 6.07) is 12.1. The lowest BCUT2D eigenvalue weighted by Crippen LogP contribution is -2.05. The molecule has 1 N–H and O–H groups in total. The van der Waals surface area contributed by atoms with Crippen LogP contribution in [-0.2, 0) is 13.1 Å². The molecular formula is C15H16N2. The third-order valence-corrected chi connectivity index (χ3v) is 2.77. The molecule has 0 unspecified atom stereocenters. The zero-order valence-corrected chi connectivity index (χ0v) is 9.98. The first-order valence-corrected chi connectivity index (χ1v) is 5.78. The van der Waals surface area contributed by atoms with Crippen LogP contribution in [0.15, 0.2) is 42.6 Å². The van der Waals surface area contributed by atoms with E-state index < -0.39 is 0 Å². The van der Waals surface area contributed by atoms with Crippen LogP contribution in [0.25, 0.3) is 0 Å². The fourth-order valence-corrected chi connectivity index (χ4v) is 1.83. The van der Waals surface area contributed by atoms with E-state index in [0.29, 0.717) is 0 Å². The molecule has 1 heterocycles. The lowest BCUT2D eigenvalue weighted by atomic mass is 10.2. The first-order chi connectivity index (χ1) is 8.33. The van der Waals surface area contributed by atoms with Gasteiger partial charge in [0, 0.05) is 29.7 Å². The highest BCUT2D eigenvalue weighted by Crippen LogP contribution is 2.12. The van der Waals surface area contributed by atoms with Crippen LogP contribution in [0.5, 0.6) is 0 Å². The number of hydrogen-bond donors (Lipinski definition) is 1. The second-order valence-electron chi connectivity index (χ2n) is 3.86. The minimum atomic E-state index is 0.814. The van der Waals surface area contributed by atoms with Crippen molar-refractivity contribution >= 4 is 5.69 Å². The van der Waals surface area contributed by atoms with E-state index in [0.717, 1.165) is 24.3 Å². The highest BCUT2D eigenvalue weighted by atomic mass is 15.0. The van der Waals surface area contributed by atoms with Crippen molar-refractivity contribution in [3.8, 4) is 12.3 Å². The maximum atomic E-state index is 5.37. The second-order valence-corrected chi connectivity index (χ2v) is 3.86. The summed E-state index contributed by atoms with van der Waals surface area (Å²) in [6.45, 7) is 3.95. The molecule has 0 amide bonds. The fraction of sp³-hybridized carbons (Fsp3) is 0.200. The van der Waals surface area contributed by atoms with Gasteiger partial charge in [0.15, 0.2) is 0 Å². The molecule has 0 radical (unpaired) electrons. The number of aryl methyl sites for hydroxylation is 1. The predicted octanol–water partition coefficient (Wildman–Crippen LogP) is 3.10. The van der Waals surface area contributed by atoms with Gasteiger partial charge in [-0.1, -0.05) is 12.0 Å². The quantitative estimate of drug-likeness (QED) is 0.790. The molecule has 0 fully saturated rings. The standard InChI is InChI=1S/C15H16N2/c1-3-13-7-5-8-14(11-13)16-12-15-9-6-10-17(15)4-2/h1,5-11,16H,4,12H2,2H3. The van der Waals surface area contributed by atoms with Crippen LogP contribution in [0.2, 0.25) is 0 Å². The van der Waals surface area contributed by atoms with E-state index >= 15 is 0 Å². The highest BCUT2D eigenvalue weighted by Gasteiger charge is 1.99. The van der Waals surface area contributed by atoms with Gasteiger partial charge in [-0.25, -0.2) is 0 Å². The van der Waals surface area contributed by atoms with Gasteiger partial charge >= 0.3 is 0 Å². The number of nitrogens with one attached hydrogen (secondary N) is 1. The first-order valence-electron chi connectivity index (χ1n) is 5.78. The number of nitrogens with zero attached hydrogens (tertiary/aromatic N) is 1. The van der Waals surface area contributed by atoms with Gasteiger partial charge in [-0.15, -0.1) is 6.42 Å². The largest absolute Gasteiger partial charge is 0.379 e. The molecule has 2 heteroatoms. The van der Waals surface area contributed by atoms with Crippen molar-refractivity contribution in [1.82, 2.24) is 4.57 Å². The molecule has 86 valence electrons. The van der Waals surface area contributed by atoms with Gasteiger partial charge in [-0.3, -0.25) is 0 Å². The number of aromatic nitrogens is 1. The summed E-state index contributed by atoms with van der Waals surface area (Å²) in [6.07, 6.45) is 7.47. The molecule has 0 aliphatic rings. The summed E-state index contributed by atoms with van der Waals surface area (Å²) in [5, 5.41) is 3.38. The van der Waals surface area contributed by atoms with E-state index in [1.54, 1.807) is 0 Å². The van der Waals surface area contributed by atoms with Crippen LogP contribution < -0.4 is 5.32 Å². The molecule has 0 spiro atoms. The van der Waals surface area contributed by atoms with Crippen molar-refractivity contribution in [2.24, 2.45) is 0 Å². The Labute approximate surface area is 102 Å². The molecule has 1 aromatic heterocycles. The molecule has 0 aliphatic heterocycles. The molecule has 2 rings (SSSR count). The SMILES string of the molecule is C#Cc1cccc(NCc2cccn2CC)c1. The number of terminal acetylenes is 1. The maximum Gasteiger partial charge on any atom is 0.0553 e. The summed E-state index contributed by atoms with van der Waals surface area (Å²) in [5.41, 5.74) is 3.24. The highest BCUT2D eigenvalue weighted by molar-refractivity contribution is 5.50. The van der Waals surface area contributed by atoms with Gasteiger partial charge in [0.25, 0.3) is 0 Å². The van der Waals surface area contributed by atoms with E-state index in [-0.39, 0.29) is 0 Å². The number of hydrogen-bond acceptors (Lipinski definition) is 1. The Kier molecular flexibility index (Phi) is 3.52. The van der Waals surface area contributed by atoms with Gasteiger partial charge in [0.1, 0.15) is 0 Å². The molecule has 0 aliphatic carbocycles. The summed E-state index contributed by atoms with van der Waals surface area (Å²) < 4.78 is 2.22. The number of benzene rings is 1. The molecule has 0 bridgehead atoms. The Hall–Kier alpha value is -2.14. The van der Waals surface area contributed by atoms with Gasteiger partial charge in [0.2, 0.25) is 0 Å². The molecule has 17 heavy (non-hydrogen) atoms. The maximum absolute atomic E-state index is 5.37. The molecule has 1 aromatic carbocycles. The van der Waals surface area contributed by atoms with Crippen LogP contribution in [0.1, 0.15) is 18.2 Å². The Morgan fingerprint density at radius 3 is 2.94 bits per heavy atom. The van der Waals surface area contributed by atoms with Gasteiger partial charge in [0.05, 0.1) is 6.54 Å². The van der Waals surface area contributed by atoms with E-state index in [9.17, 15) is 0 Å². The minimum absolute atomic E-state index is 0.814. The Morgan fingerprint density at radius 2 is 2.18 bits per heavy atom. The smallest absolute Gasteiger partial charge is 0.0553 e. The van der Waals surface area contributed by atoms with Crippen molar-refractivity contribution < 1.29 is 0 Å². The van der Waals surface area contributed by atoms with Crippen molar-refractivity contribution in [2.45, 2.75) is 20.0 Å². The van der Waals surface area contributed by atoms with E-state index in [1.807, 2.05) is 24.3 Å². The minimum Gasteiger partial charge on any atom is -0.379 e.